The molecule has 2 aromatic carbocycles. The zero-order valence-corrected chi connectivity index (χ0v) is 16.7. The van der Waals surface area contributed by atoms with Crippen molar-refractivity contribution in [1.29, 1.82) is 5.26 Å². The van der Waals surface area contributed by atoms with Crippen LogP contribution in [-0.2, 0) is 9.53 Å². The molecule has 0 amide bonds. The van der Waals surface area contributed by atoms with Crippen LogP contribution in [0.25, 0.3) is 0 Å². The van der Waals surface area contributed by atoms with Crippen LogP contribution < -0.4 is 4.74 Å². The number of terminal acetylenes is 1. The summed E-state index contributed by atoms with van der Waals surface area (Å²) >= 11 is 0. The molecular formula is C25H25NO3. The molecule has 0 spiro atoms. The molecule has 4 nitrogen and oxygen atoms in total. The molecule has 0 N–H and O–H groups in total. The summed E-state index contributed by atoms with van der Waals surface area (Å²) in [5.41, 5.74) is 0.570. The van der Waals surface area contributed by atoms with Gasteiger partial charge in [-0.05, 0) is 48.9 Å². The van der Waals surface area contributed by atoms with Crippen molar-refractivity contribution in [1.82, 2.24) is 0 Å². The van der Waals surface area contributed by atoms with Crippen LogP contribution in [0.1, 0.15) is 38.4 Å². The molecule has 2 aromatic rings. The normalized spacial score (nSPS) is 16.2. The topological polar surface area (TPSA) is 59.3 Å². The summed E-state index contributed by atoms with van der Waals surface area (Å²) < 4.78 is 11.4. The van der Waals surface area contributed by atoms with Crippen LogP contribution in [0.2, 0.25) is 0 Å². The fraction of sp³-hybridized carbons (Fsp3) is 0.360. The van der Waals surface area contributed by atoms with Gasteiger partial charge in [0.25, 0.3) is 0 Å². The van der Waals surface area contributed by atoms with Crippen LogP contribution in [0, 0.1) is 47.3 Å². The summed E-state index contributed by atoms with van der Waals surface area (Å²) in [7, 11) is 0. The Labute approximate surface area is 172 Å². The van der Waals surface area contributed by atoms with E-state index in [1.807, 2.05) is 44.2 Å². The minimum Gasteiger partial charge on any atom is -0.457 e. The molecule has 148 valence electrons. The van der Waals surface area contributed by atoms with Gasteiger partial charge in [-0.1, -0.05) is 44.2 Å². The maximum absolute atomic E-state index is 12.9. The molecule has 0 heterocycles. The molecule has 4 heteroatoms. The summed E-state index contributed by atoms with van der Waals surface area (Å²) in [4.78, 5) is 12.9. The lowest BCUT2D eigenvalue weighted by Gasteiger charge is -2.26. The van der Waals surface area contributed by atoms with Gasteiger partial charge in [-0.15, -0.1) is 12.3 Å². The Bertz CT molecular complexity index is 919. The standard InChI is InChI=1S/C25H25NO3/c1-4-22(18-13-14-18)24(17(2)3)25(27)29-23(16-26)19-9-8-12-21(15-19)28-20-10-6-5-7-11-20/h1,5-12,15,17-18,22-24H,13-14H2,2-3H3. The van der Waals surface area contributed by atoms with E-state index in [9.17, 15) is 10.1 Å². The molecular weight excluding hydrogens is 362 g/mol. The van der Waals surface area contributed by atoms with Crippen LogP contribution in [0.15, 0.2) is 54.6 Å². The van der Waals surface area contributed by atoms with Crippen molar-refractivity contribution in [3.8, 4) is 29.9 Å². The average Bonchev–Trinajstić information content (AvgIpc) is 3.55. The van der Waals surface area contributed by atoms with Gasteiger partial charge in [-0.25, -0.2) is 0 Å². The molecule has 1 aliphatic rings. The van der Waals surface area contributed by atoms with Gasteiger partial charge in [-0.2, -0.15) is 5.26 Å². The maximum Gasteiger partial charge on any atom is 0.312 e. The van der Waals surface area contributed by atoms with E-state index in [-0.39, 0.29) is 11.8 Å². The molecule has 1 fully saturated rings. The van der Waals surface area contributed by atoms with E-state index >= 15 is 0 Å². The molecule has 3 unspecified atom stereocenters. The lowest BCUT2D eigenvalue weighted by atomic mass is 9.81. The van der Waals surface area contributed by atoms with Gasteiger partial charge in [-0.3, -0.25) is 4.79 Å². The van der Waals surface area contributed by atoms with Crippen molar-refractivity contribution in [2.45, 2.75) is 32.8 Å². The summed E-state index contributed by atoms with van der Waals surface area (Å²) in [5, 5.41) is 9.64. The fourth-order valence-corrected chi connectivity index (χ4v) is 3.55. The van der Waals surface area contributed by atoms with Crippen molar-refractivity contribution in [3.63, 3.8) is 0 Å². The number of hydrogen-bond acceptors (Lipinski definition) is 4. The highest BCUT2D eigenvalue weighted by atomic mass is 16.5. The van der Waals surface area contributed by atoms with Gasteiger partial charge >= 0.3 is 5.97 Å². The second-order valence-electron chi connectivity index (χ2n) is 7.73. The predicted molar refractivity (Wildman–Crippen MR) is 111 cm³/mol. The summed E-state index contributed by atoms with van der Waals surface area (Å²) in [6.45, 7) is 3.93. The first-order chi connectivity index (χ1) is 14.0. The van der Waals surface area contributed by atoms with Gasteiger partial charge in [0.2, 0.25) is 6.10 Å². The molecule has 0 bridgehead atoms. The van der Waals surface area contributed by atoms with E-state index in [4.69, 9.17) is 15.9 Å². The summed E-state index contributed by atoms with van der Waals surface area (Å²) in [6.07, 6.45) is 6.80. The fourth-order valence-electron chi connectivity index (χ4n) is 3.55. The maximum atomic E-state index is 12.9. The van der Waals surface area contributed by atoms with E-state index in [1.165, 1.54) is 0 Å². The van der Waals surface area contributed by atoms with Crippen LogP contribution in [0.4, 0.5) is 0 Å². The average molecular weight is 387 g/mol. The van der Waals surface area contributed by atoms with E-state index < -0.39 is 18.0 Å². The smallest absolute Gasteiger partial charge is 0.312 e. The highest BCUT2D eigenvalue weighted by Crippen LogP contribution is 2.43. The van der Waals surface area contributed by atoms with Crippen molar-refractivity contribution in [2.24, 2.45) is 23.7 Å². The Hall–Kier alpha value is -3.24. The molecule has 1 saturated carbocycles. The van der Waals surface area contributed by atoms with Gasteiger partial charge in [0, 0.05) is 11.5 Å². The third-order valence-electron chi connectivity index (χ3n) is 5.19. The number of nitrogens with zero attached hydrogens (tertiary/aromatic N) is 1. The monoisotopic (exact) mass is 387 g/mol. The number of nitriles is 1. The Kier molecular flexibility index (Phi) is 6.57. The Morgan fingerprint density at radius 2 is 1.79 bits per heavy atom. The highest BCUT2D eigenvalue weighted by molar-refractivity contribution is 5.74. The molecule has 3 atom stereocenters. The second kappa shape index (κ2) is 9.30. The number of para-hydroxylation sites is 1. The molecule has 3 rings (SSSR count). The van der Waals surface area contributed by atoms with Crippen LogP contribution >= 0.6 is 0 Å². The predicted octanol–water partition coefficient (Wildman–Crippen LogP) is 5.52. The number of esters is 1. The van der Waals surface area contributed by atoms with Gasteiger partial charge < -0.3 is 9.47 Å². The van der Waals surface area contributed by atoms with E-state index in [1.54, 1.807) is 24.3 Å². The van der Waals surface area contributed by atoms with Gasteiger partial charge in [0.1, 0.15) is 17.6 Å². The van der Waals surface area contributed by atoms with Crippen molar-refractivity contribution in [3.05, 3.63) is 60.2 Å². The molecule has 1 aliphatic carbocycles. The quantitative estimate of drug-likeness (QED) is 0.442. The van der Waals surface area contributed by atoms with E-state index in [0.717, 1.165) is 12.8 Å². The number of benzene rings is 2. The second-order valence-corrected chi connectivity index (χ2v) is 7.73. The zero-order valence-electron chi connectivity index (χ0n) is 16.7. The lowest BCUT2D eigenvalue weighted by Crippen LogP contribution is -2.31. The number of rotatable bonds is 8. The lowest BCUT2D eigenvalue weighted by molar-refractivity contribution is -0.155. The third-order valence-corrected chi connectivity index (χ3v) is 5.19. The van der Waals surface area contributed by atoms with E-state index in [0.29, 0.717) is 23.0 Å². The highest BCUT2D eigenvalue weighted by Gasteiger charge is 2.41. The van der Waals surface area contributed by atoms with Crippen molar-refractivity contribution < 1.29 is 14.3 Å². The Balaban J connectivity index is 1.75. The first-order valence-electron chi connectivity index (χ1n) is 9.92. The SMILES string of the molecule is C#CC(C1CC1)C(C(=O)OC(C#N)c1cccc(Oc2ccccc2)c1)C(C)C. The minimum absolute atomic E-state index is 0.0382. The molecule has 0 aromatic heterocycles. The van der Waals surface area contributed by atoms with Gasteiger partial charge in [0.15, 0.2) is 0 Å². The molecule has 0 aliphatic heterocycles. The van der Waals surface area contributed by atoms with Crippen molar-refractivity contribution in [2.75, 3.05) is 0 Å². The molecule has 0 saturated heterocycles. The Morgan fingerprint density at radius 3 is 2.38 bits per heavy atom. The van der Waals surface area contributed by atoms with Crippen LogP contribution in [0.3, 0.4) is 0 Å². The van der Waals surface area contributed by atoms with Gasteiger partial charge in [0.05, 0.1) is 5.92 Å². The summed E-state index contributed by atoms with van der Waals surface area (Å²) in [5.74, 6) is 3.51. The number of carbonyl (C=O) groups is 1. The van der Waals surface area contributed by atoms with Crippen molar-refractivity contribution >= 4 is 5.97 Å². The molecule has 0 radical (unpaired) electrons. The first-order valence-corrected chi connectivity index (χ1v) is 9.92. The van der Waals surface area contributed by atoms with E-state index in [2.05, 4.69) is 12.0 Å². The largest absolute Gasteiger partial charge is 0.457 e. The van der Waals surface area contributed by atoms with Crippen LogP contribution in [-0.4, -0.2) is 5.97 Å². The number of carbonyl (C=O) groups excluding carboxylic acids is 1. The zero-order chi connectivity index (χ0) is 20.8. The van der Waals surface area contributed by atoms with Crippen LogP contribution in [0.5, 0.6) is 11.5 Å². The third kappa shape index (κ3) is 5.18. The molecule has 29 heavy (non-hydrogen) atoms. The number of ether oxygens (including phenoxy) is 2. The number of hydrogen-bond donors (Lipinski definition) is 0. The first kappa shape index (κ1) is 20.5. The summed E-state index contributed by atoms with van der Waals surface area (Å²) in [6, 6.07) is 18.5. The minimum atomic E-state index is -1.01. The Morgan fingerprint density at radius 1 is 1.10 bits per heavy atom.